The maximum Gasteiger partial charge on any atom is 0.341 e. The van der Waals surface area contributed by atoms with E-state index in [4.69, 9.17) is 13.3 Å². The molecule has 0 heterocycles. The van der Waals surface area contributed by atoms with E-state index in [9.17, 15) is 0 Å². The Kier molecular flexibility index (Phi) is 5.84. The molecule has 0 atom stereocenters. The average molecular weight is 279 g/mol. The van der Waals surface area contributed by atoms with Crippen molar-refractivity contribution in [3.05, 3.63) is 11.8 Å². The van der Waals surface area contributed by atoms with Crippen molar-refractivity contribution in [1.82, 2.24) is 0 Å². The van der Waals surface area contributed by atoms with Gasteiger partial charge in [-0.05, 0) is 51.5 Å². The summed E-state index contributed by atoms with van der Waals surface area (Å²) in [4.78, 5) is 0. The molecular formula is C10H26O3Si3. The fourth-order valence-corrected chi connectivity index (χ4v) is 12.9. The molecule has 0 amide bonds. The van der Waals surface area contributed by atoms with Crippen LogP contribution in [0.2, 0.25) is 45.8 Å². The third-order valence-corrected chi connectivity index (χ3v) is 10.5. The van der Waals surface area contributed by atoms with E-state index in [1.807, 2.05) is 5.70 Å². The van der Waals surface area contributed by atoms with E-state index in [0.29, 0.717) is 0 Å². The summed E-state index contributed by atoms with van der Waals surface area (Å²) in [5.74, 6) is 0. The quantitative estimate of drug-likeness (QED) is 0.759. The molecule has 0 aromatic heterocycles. The second-order valence-electron chi connectivity index (χ2n) is 6.03. The second kappa shape index (κ2) is 5.74. The monoisotopic (exact) mass is 278 g/mol. The smallest absolute Gasteiger partial charge is 0.341 e. The molecule has 1 N–H and O–H groups in total. The van der Waals surface area contributed by atoms with E-state index < -0.39 is 25.2 Å². The van der Waals surface area contributed by atoms with Gasteiger partial charge in [0.15, 0.2) is 16.6 Å². The minimum absolute atomic E-state index is 0.0483. The minimum Gasteiger partial charge on any atom is -0.434 e. The number of aliphatic hydroxyl groups is 1. The Morgan fingerprint density at radius 1 is 0.875 bits per heavy atom. The molecule has 0 aliphatic heterocycles. The maximum atomic E-state index is 8.87. The van der Waals surface area contributed by atoms with Crippen LogP contribution in [0.25, 0.3) is 0 Å². The van der Waals surface area contributed by atoms with Crippen LogP contribution in [0.3, 0.4) is 0 Å². The van der Waals surface area contributed by atoms with E-state index in [0.717, 1.165) is 0 Å². The van der Waals surface area contributed by atoms with Gasteiger partial charge in [-0.15, -0.1) is 0 Å². The van der Waals surface area contributed by atoms with Crippen molar-refractivity contribution in [3.8, 4) is 0 Å². The summed E-state index contributed by atoms with van der Waals surface area (Å²) < 4.78 is 12.4. The Morgan fingerprint density at radius 3 is 1.50 bits per heavy atom. The molecule has 0 aliphatic carbocycles. The topological polar surface area (TPSA) is 38.7 Å². The van der Waals surface area contributed by atoms with E-state index in [2.05, 4.69) is 45.8 Å². The average Bonchev–Trinajstić information content (AvgIpc) is 1.93. The first-order chi connectivity index (χ1) is 6.97. The lowest BCUT2D eigenvalue weighted by atomic mass is 10.7. The van der Waals surface area contributed by atoms with Crippen LogP contribution in [0, 0.1) is 0 Å². The van der Waals surface area contributed by atoms with Crippen LogP contribution in [-0.4, -0.2) is 36.9 Å². The van der Waals surface area contributed by atoms with Crippen LogP contribution in [0.5, 0.6) is 0 Å². The zero-order valence-electron chi connectivity index (χ0n) is 11.6. The summed E-state index contributed by atoms with van der Waals surface area (Å²) >= 11 is 0. The first-order valence-electron chi connectivity index (χ1n) is 5.66. The Balaban J connectivity index is 4.82. The van der Waals surface area contributed by atoms with Crippen molar-refractivity contribution in [3.63, 3.8) is 0 Å². The summed E-state index contributed by atoms with van der Waals surface area (Å²) in [5, 5.41) is 8.87. The first-order valence-corrected chi connectivity index (χ1v) is 14.9. The van der Waals surface area contributed by atoms with Crippen LogP contribution in [0.4, 0.5) is 0 Å². The molecule has 0 fully saturated rings. The highest BCUT2D eigenvalue weighted by atomic mass is 28.5. The number of aliphatic hydroxyl groups excluding tert-OH is 1. The minimum atomic E-state index is -2.26. The van der Waals surface area contributed by atoms with Gasteiger partial charge >= 0.3 is 8.56 Å². The molecule has 0 saturated carbocycles. The number of hydrogen-bond acceptors (Lipinski definition) is 3. The van der Waals surface area contributed by atoms with Gasteiger partial charge in [-0.2, -0.15) is 0 Å². The number of hydrogen-bond donors (Lipinski definition) is 1. The summed E-state index contributed by atoms with van der Waals surface area (Å²) in [6.07, 6.45) is 1.74. The normalized spacial score (nSPS) is 14.8. The molecular weight excluding hydrogens is 252 g/mol. The molecule has 0 spiro atoms. The fourth-order valence-electron chi connectivity index (χ4n) is 1.57. The van der Waals surface area contributed by atoms with Gasteiger partial charge in [0.25, 0.3) is 0 Å². The van der Waals surface area contributed by atoms with Gasteiger partial charge in [0.05, 0.1) is 6.61 Å². The number of rotatable bonds is 6. The fraction of sp³-hybridized carbons (Fsp3) is 0.800. The second-order valence-corrected chi connectivity index (χ2v) is 18.5. The summed E-state index contributed by atoms with van der Waals surface area (Å²) in [6.45, 7) is 15.1. The summed E-state index contributed by atoms with van der Waals surface area (Å²) in [5.41, 5.74) is 1.96. The Bertz CT molecular complexity index is 225. The molecule has 16 heavy (non-hydrogen) atoms. The van der Waals surface area contributed by atoms with Gasteiger partial charge < -0.3 is 13.3 Å². The summed E-state index contributed by atoms with van der Waals surface area (Å²) in [7, 11) is -5.49. The first kappa shape index (κ1) is 16.3. The van der Waals surface area contributed by atoms with Crippen molar-refractivity contribution in [1.29, 1.82) is 0 Å². The lowest BCUT2D eigenvalue weighted by Gasteiger charge is -2.36. The lowest BCUT2D eigenvalue weighted by molar-refractivity contribution is 0.341. The van der Waals surface area contributed by atoms with Crippen LogP contribution >= 0.6 is 0 Å². The van der Waals surface area contributed by atoms with Gasteiger partial charge in [0.1, 0.15) is 0 Å². The molecule has 0 aliphatic rings. The molecule has 96 valence electrons. The largest absolute Gasteiger partial charge is 0.434 e. The summed E-state index contributed by atoms with van der Waals surface area (Å²) in [6, 6.07) is 0. The SMILES string of the molecule is C[Si](C)(C)O[Si](C)(C=CCO)O[Si](C)(C)C. The third-order valence-electron chi connectivity index (χ3n) is 1.54. The highest BCUT2D eigenvalue weighted by molar-refractivity contribution is 6.89. The predicted molar refractivity (Wildman–Crippen MR) is 76.7 cm³/mol. The molecule has 0 unspecified atom stereocenters. The molecule has 0 rings (SSSR count). The van der Waals surface area contributed by atoms with Crippen molar-refractivity contribution < 1.29 is 13.3 Å². The van der Waals surface area contributed by atoms with E-state index in [-0.39, 0.29) is 6.61 Å². The van der Waals surface area contributed by atoms with Gasteiger partial charge in [-0.3, -0.25) is 0 Å². The van der Waals surface area contributed by atoms with Crippen molar-refractivity contribution in [2.75, 3.05) is 6.61 Å². The van der Waals surface area contributed by atoms with Gasteiger partial charge in [0.2, 0.25) is 0 Å². The molecule has 0 aromatic carbocycles. The highest BCUT2D eigenvalue weighted by Crippen LogP contribution is 2.21. The predicted octanol–water partition coefficient (Wildman–Crippen LogP) is 2.85. The van der Waals surface area contributed by atoms with Gasteiger partial charge in [-0.1, -0.05) is 6.08 Å². The van der Waals surface area contributed by atoms with Crippen LogP contribution < -0.4 is 0 Å². The highest BCUT2D eigenvalue weighted by Gasteiger charge is 2.38. The van der Waals surface area contributed by atoms with E-state index in [1.165, 1.54) is 0 Å². The Hall–Kier alpha value is 0.271. The molecule has 0 aromatic rings. The van der Waals surface area contributed by atoms with Gasteiger partial charge in [-0.25, -0.2) is 0 Å². The Morgan fingerprint density at radius 2 is 1.25 bits per heavy atom. The van der Waals surface area contributed by atoms with Crippen molar-refractivity contribution >= 4 is 25.2 Å². The molecule has 3 nitrogen and oxygen atoms in total. The standard InChI is InChI=1S/C10H26O3Si3/c1-14(2,3)12-16(7,10-8-9-11)13-15(4,5)6/h8,10-11H,9H2,1-7H3. The molecule has 0 radical (unpaired) electrons. The van der Waals surface area contributed by atoms with Crippen LogP contribution in [0.1, 0.15) is 0 Å². The zero-order valence-corrected chi connectivity index (χ0v) is 14.6. The Labute approximate surface area is 103 Å². The molecule has 0 saturated heterocycles. The third kappa shape index (κ3) is 8.43. The molecule has 6 heteroatoms. The van der Waals surface area contributed by atoms with Crippen LogP contribution in [0.15, 0.2) is 11.8 Å². The zero-order chi connectivity index (χ0) is 13.0. The van der Waals surface area contributed by atoms with Gasteiger partial charge in [0, 0.05) is 0 Å². The molecule has 0 bridgehead atoms. The maximum absolute atomic E-state index is 8.87. The lowest BCUT2D eigenvalue weighted by Crippen LogP contribution is -2.51. The van der Waals surface area contributed by atoms with Crippen LogP contribution in [-0.2, 0) is 8.23 Å². The van der Waals surface area contributed by atoms with E-state index >= 15 is 0 Å². The van der Waals surface area contributed by atoms with E-state index in [1.54, 1.807) is 6.08 Å². The van der Waals surface area contributed by atoms with Crippen molar-refractivity contribution in [2.45, 2.75) is 45.8 Å². The van der Waals surface area contributed by atoms with Crippen molar-refractivity contribution in [2.24, 2.45) is 0 Å².